The maximum Gasteiger partial charge on any atom is 0.335 e. The van der Waals surface area contributed by atoms with Crippen molar-refractivity contribution in [1.82, 2.24) is 19.9 Å². The number of imidazole rings is 1. The van der Waals surface area contributed by atoms with Crippen LogP contribution in [0.25, 0.3) is 11.4 Å². The van der Waals surface area contributed by atoms with Crippen molar-refractivity contribution < 1.29 is 9.90 Å². The molecule has 1 aliphatic rings. The summed E-state index contributed by atoms with van der Waals surface area (Å²) in [6.45, 7) is 2.58. The van der Waals surface area contributed by atoms with Gasteiger partial charge in [-0.15, -0.1) is 0 Å². The summed E-state index contributed by atoms with van der Waals surface area (Å²) in [5.74, 6) is -0.128. The molecule has 0 saturated carbocycles. The Labute approximate surface area is 145 Å². The lowest BCUT2D eigenvalue weighted by Gasteiger charge is -2.25. The molecule has 4 rings (SSSR count). The minimum absolute atomic E-state index is 0.279. The summed E-state index contributed by atoms with van der Waals surface area (Å²) >= 11 is 0. The molecule has 0 amide bonds. The molecule has 0 saturated heterocycles. The number of aromatic carboxylic acids is 1. The van der Waals surface area contributed by atoms with Gasteiger partial charge in [-0.3, -0.25) is 9.88 Å². The molecule has 3 heterocycles. The van der Waals surface area contributed by atoms with E-state index >= 15 is 0 Å². The van der Waals surface area contributed by atoms with E-state index < -0.39 is 5.97 Å². The van der Waals surface area contributed by atoms with Gasteiger partial charge in [0.1, 0.15) is 5.82 Å². The lowest BCUT2D eigenvalue weighted by atomic mass is 10.1. The predicted octanol–water partition coefficient (Wildman–Crippen LogP) is 2.73. The zero-order valence-corrected chi connectivity index (χ0v) is 13.6. The van der Waals surface area contributed by atoms with Crippen molar-refractivity contribution >= 4 is 5.97 Å². The number of nitrogens with one attached hydrogen (secondary N) is 1. The molecule has 1 aromatic carbocycles. The summed E-state index contributed by atoms with van der Waals surface area (Å²) in [6.07, 6.45) is 2.71. The van der Waals surface area contributed by atoms with Gasteiger partial charge in [-0.25, -0.2) is 9.78 Å². The van der Waals surface area contributed by atoms with E-state index in [9.17, 15) is 4.79 Å². The predicted molar refractivity (Wildman–Crippen MR) is 93.0 cm³/mol. The molecule has 6 nitrogen and oxygen atoms in total. The van der Waals surface area contributed by atoms with Crippen LogP contribution in [0.5, 0.6) is 0 Å². The Morgan fingerprint density at radius 1 is 1.20 bits per heavy atom. The summed E-state index contributed by atoms with van der Waals surface area (Å²) in [4.78, 5) is 25.8. The first-order valence-corrected chi connectivity index (χ1v) is 8.23. The van der Waals surface area contributed by atoms with E-state index in [1.807, 2.05) is 24.4 Å². The summed E-state index contributed by atoms with van der Waals surface area (Å²) in [5, 5.41) is 9.00. The number of carboxylic acids is 1. The van der Waals surface area contributed by atoms with Gasteiger partial charge >= 0.3 is 5.97 Å². The standard InChI is InChI=1S/C19H18N4O2/c24-19(25)14-6-4-13(5-7-14)18-21-16-8-10-23(12-17(16)22-18)11-15-3-1-2-9-20-15/h1-7,9H,8,10-12H2,(H,21,22)(H,24,25). The summed E-state index contributed by atoms with van der Waals surface area (Å²) in [6, 6.07) is 12.8. The quantitative estimate of drug-likeness (QED) is 0.767. The second-order valence-corrected chi connectivity index (χ2v) is 6.17. The fourth-order valence-electron chi connectivity index (χ4n) is 3.11. The molecule has 6 heteroatoms. The molecule has 126 valence electrons. The van der Waals surface area contributed by atoms with Crippen LogP contribution in [-0.2, 0) is 19.5 Å². The fraction of sp³-hybridized carbons (Fsp3) is 0.211. The number of H-pyrrole nitrogens is 1. The third-order valence-electron chi connectivity index (χ3n) is 4.43. The molecule has 25 heavy (non-hydrogen) atoms. The zero-order valence-electron chi connectivity index (χ0n) is 13.6. The van der Waals surface area contributed by atoms with Gasteiger partial charge in [0.15, 0.2) is 0 Å². The number of carbonyl (C=O) groups is 1. The Bertz CT molecular complexity index is 888. The Hall–Kier alpha value is -2.99. The van der Waals surface area contributed by atoms with Crippen molar-refractivity contribution in [3.8, 4) is 11.4 Å². The van der Waals surface area contributed by atoms with Crippen LogP contribution in [0.3, 0.4) is 0 Å². The van der Waals surface area contributed by atoms with E-state index in [0.29, 0.717) is 0 Å². The summed E-state index contributed by atoms with van der Waals surface area (Å²) in [5.41, 5.74) is 4.46. The number of hydrogen-bond donors (Lipinski definition) is 2. The highest BCUT2D eigenvalue weighted by Crippen LogP contribution is 2.23. The molecule has 0 fully saturated rings. The van der Waals surface area contributed by atoms with E-state index in [1.165, 1.54) is 0 Å². The number of hydrogen-bond acceptors (Lipinski definition) is 4. The Morgan fingerprint density at radius 2 is 2.04 bits per heavy atom. The minimum Gasteiger partial charge on any atom is -0.478 e. The first kappa shape index (κ1) is 15.5. The lowest BCUT2D eigenvalue weighted by Crippen LogP contribution is -2.30. The number of fused-ring (bicyclic) bond motifs is 1. The van der Waals surface area contributed by atoms with Crippen molar-refractivity contribution in [2.24, 2.45) is 0 Å². The first-order valence-electron chi connectivity index (χ1n) is 8.23. The van der Waals surface area contributed by atoms with Crippen molar-refractivity contribution in [1.29, 1.82) is 0 Å². The number of carboxylic acid groups (broad SMARTS) is 1. The molecule has 2 N–H and O–H groups in total. The van der Waals surface area contributed by atoms with Crippen LogP contribution in [-0.4, -0.2) is 37.5 Å². The van der Waals surface area contributed by atoms with Crippen LogP contribution < -0.4 is 0 Å². The van der Waals surface area contributed by atoms with Crippen molar-refractivity contribution in [3.63, 3.8) is 0 Å². The third-order valence-corrected chi connectivity index (χ3v) is 4.43. The smallest absolute Gasteiger partial charge is 0.335 e. The van der Waals surface area contributed by atoms with Gasteiger partial charge in [-0.2, -0.15) is 0 Å². The third kappa shape index (κ3) is 3.29. The van der Waals surface area contributed by atoms with E-state index in [-0.39, 0.29) is 5.56 Å². The van der Waals surface area contributed by atoms with Crippen LogP contribution in [0.15, 0.2) is 48.7 Å². The highest BCUT2D eigenvalue weighted by molar-refractivity contribution is 5.88. The highest BCUT2D eigenvalue weighted by Gasteiger charge is 2.21. The average Bonchev–Trinajstić information content (AvgIpc) is 3.06. The first-order chi connectivity index (χ1) is 12.2. The van der Waals surface area contributed by atoms with Gasteiger partial charge in [-0.1, -0.05) is 18.2 Å². The van der Waals surface area contributed by atoms with Gasteiger partial charge in [0, 0.05) is 37.8 Å². The Morgan fingerprint density at radius 3 is 2.76 bits per heavy atom. The number of aromatic amines is 1. The number of nitrogens with zero attached hydrogens (tertiary/aromatic N) is 3. The van der Waals surface area contributed by atoms with E-state index in [4.69, 9.17) is 10.1 Å². The zero-order chi connectivity index (χ0) is 17.2. The number of rotatable bonds is 4. The number of pyridine rings is 1. The largest absolute Gasteiger partial charge is 0.478 e. The van der Waals surface area contributed by atoms with Gasteiger partial charge in [0.2, 0.25) is 0 Å². The number of aromatic nitrogens is 3. The lowest BCUT2D eigenvalue weighted by molar-refractivity contribution is 0.0697. The van der Waals surface area contributed by atoms with Crippen molar-refractivity contribution in [2.75, 3.05) is 6.54 Å². The monoisotopic (exact) mass is 334 g/mol. The molecule has 0 unspecified atom stereocenters. The molecular formula is C19H18N4O2. The second kappa shape index (κ2) is 6.49. The fourth-order valence-corrected chi connectivity index (χ4v) is 3.11. The second-order valence-electron chi connectivity index (χ2n) is 6.17. The molecule has 2 aromatic heterocycles. The van der Waals surface area contributed by atoms with Crippen LogP contribution in [0, 0.1) is 0 Å². The number of benzene rings is 1. The molecule has 0 bridgehead atoms. The van der Waals surface area contributed by atoms with Gasteiger partial charge < -0.3 is 10.1 Å². The van der Waals surface area contributed by atoms with E-state index in [2.05, 4.69) is 14.9 Å². The SMILES string of the molecule is O=C(O)c1ccc(-c2nc3c([nH]2)CN(Cc2ccccn2)CC3)cc1. The topological polar surface area (TPSA) is 82.1 Å². The highest BCUT2D eigenvalue weighted by atomic mass is 16.4. The van der Waals surface area contributed by atoms with Gasteiger partial charge in [0.05, 0.1) is 22.6 Å². The Balaban J connectivity index is 1.51. The normalized spacial score (nSPS) is 14.2. The molecule has 0 spiro atoms. The summed E-state index contributed by atoms with van der Waals surface area (Å²) < 4.78 is 0. The molecule has 1 aliphatic heterocycles. The minimum atomic E-state index is -0.921. The van der Waals surface area contributed by atoms with Crippen molar-refractivity contribution in [2.45, 2.75) is 19.5 Å². The van der Waals surface area contributed by atoms with E-state index in [0.717, 1.165) is 54.5 Å². The maximum atomic E-state index is 11.0. The van der Waals surface area contributed by atoms with Crippen molar-refractivity contribution in [3.05, 3.63) is 71.3 Å². The summed E-state index contributed by atoms with van der Waals surface area (Å²) in [7, 11) is 0. The van der Waals surface area contributed by atoms with Crippen LogP contribution in [0.4, 0.5) is 0 Å². The van der Waals surface area contributed by atoms with Crippen LogP contribution >= 0.6 is 0 Å². The van der Waals surface area contributed by atoms with Gasteiger partial charge in [0.25, 0.3) is 0 Å². The molecular weight excluding hydrogens is 316 g/mol. The van der Waals surface area contributed by atoms with Crippen LogP contribution in [0.2, 0.25) is 0 Å². The molecule has 0 atom stereocenters. The Kier molecular flexibility index (Phi) is 4.03. The van der Waals surface area contributed by atoms with Gasteiger partial charge in [-0.05, 0) is 24.3 Å². The molecule has 0 radical (unpaired) electrons. The van der Waals surface area contributed by atoms with Crippen LogP contribution in [0.1, 0.15) is 27.4 Å². The maximum absolute atomic E-state index is 11.0. The molecule has 3 aromatic rings. The average molecular weight is 334 g/mol. The van der Waals surface area contributed by atoms with E-state index in [1.54, 1.807) is 24.3 Å². The molecule has 0 aliphatic carbocycles.